The molecule has 12 nitrogen and oxygen atoms in total. The Morgan fingerprint density at radius 3 is 2.62 bits per heavy atom. The molecular weight excluding hydrogens is 619 g/mol. The first kappa shape index (κ1) is 33.7. The van der Waals surface area contributed by atoms with Gasteiger partial charge in [-0.3, -0.25) is 9.59 Å². The number of carbonyl (C=O) groups excluding carboxylic acids is 2. The van der Waals surface area contributed by atoms with Crippen molar-refractivity contribution in [2.24, 2.45) is 16.5 Å². The molecule has 0 spiro atoms. The van der Waals surface area contributed by atoms with Gasteiger partial charge in [-0.05, 0) is 36.2 Å². The number of nitrogens with zero attached hydrogens (tertiary/aromatic N) is 4. The Morgan fingerprint density at radius 1 is 1.18 bits per heavy atom. The fourth-order valence-electron chi connectivity index (χ4n) is 4.59. The van der Waals surface area contributed by atoms with Crippen LogP contribution < -0.4 is 16.8 Å². The Balaban J connectivity index is 1.42. The van der Waals surface area contributed by atoms with Crippen molar-refractivity contribution in [2.45, 2.75) is 18.7 Å². The fraction of sp³-hybridized carbons (Fsp3) is 0.379. The average Bonchev–Trinajstić information content (AvgIpc) is 3.03. The molecule has 1 aromatic heterocycles. The van der Waals surface area contributed by atoms with Crippen molar-refractivity contribution in [1.29, 1.82) is 0 Å². The Morgan fingerprint density at radius 2 is 1.91 bits per heavy atom. The number of halogens is 4. The highest BCUT2D eigenvalue weighted by atomic mass is 35.5. The number of hydrogen-bond acceptors (Lipinski definition) is 10. The van der Waals surface area contributed by atoms with E-state index in [9.17, 15) is 22.8 Å². The van der Waals surface area contributed by atoms with Gasteiger partial charge in [-0.25, -0.2) is 9.98 Å². The van der Waals surface area contributed by atoms with E-state index in [4.69, 9.17) is 37.3 Å². The molecule has 2 aliphatic rings. The molecule has 4 rings (SSSR count). The third kappa shape index (κ3) is 8.94. The summed E-state index contributed by atoms with van der Waals surface area (Å²) in [6.45, 7) is 2.21. The number of morpholine rings is 1. The van der Waals surface area contributed by atoms with E-state index in [0.29, 0.717) is 57.1 Å². The van der Waals surface area contributed by atoms with E-state index >= 15 is 0 Å². The van der Waals surface area contributed by atoms with E-state index in [1.807, 2.05) is 0 Å². The number of nitrogens with one attached hydrogen (secondary N) is 1. The molecule has 1 fully saturated rings. The van der Waals surface area contributed by atoms with E-state index < -0.39 is 17.6 Å². The second-order valence-electron chi connectivity index (χ2n) is 10.0. The highest BCUT2D eigenvalue weighted by Gasteiger charge is 2.31. The minimum absolute atomic E-state index is 0.0459. The van der Waals surface area contributed by atoms with Gasteiger partial charge in [0.1, 0.15) is 29.1 Å². The van der Waals surface area contributed by atoms with Gasteiger partial charge in [0.25, 0.3) is 5.91 Å². The molecule has 16 heteroatoms. The van der Waals surface area contributed by atoms with Crippen LogP contribution in [0.15, 0.2) is 64.6 Å². The number of anilines is 1. The molecule has 0 aliphatic carbocycles. The van der Waals surface area contributed by atoms with Crippen molar-refractivity contribution in [3.8, 4) is 0 Å². The first-order valence-electron chi connectivity index (χ1n) is 13.9. The van der Waals surface area contributed by atoms with Crippen molar-refractivity contribution in [2.75, 3.05) is 58.5 Å². The monoisotopic (exact) mass is 651 g/mol. The van der Waals surface area contributed by atoms with Crippen LogP contribution in [0.3, 0.4) is 0 Å². The van der Waals surface area contributed by atoms with Crippen LogP contribution in [0.1, 0.15) is 27.9 Å². The number of methoxy groups -OCH3 is 1. The largest absolute Gasteiger partial charge is 0.416 e. The maximum Gasteiger partial charge on any atom is 0.416 e. The predicted octanol–water partition coefficient (Wildman–Crippen LogP) is 2.97. The average molecular weight is 652 g/mol. The summed E-state index contributed by atoms with van der Waals surface area (Å²) in [5, 5.41) is 2.63. The summed E-state index contributed by atoms with van der Waals surface area (Å²) in [4.78, 5) is 36.5. The number of carbonyl (C=O) groups is 2. The van der Waals surface area contributed by atoms with Crippen LogP contribution in [0.2, 0.25) is 0 Å². The molecule has 1 saturated heterocycles. The standard InChI is InChI=1S/C29H33ClF3N7O5/c1-43-12-13-44-17-24(41)39-10-11-45-21(16-39)7-9-40-22(30)15-37-27(35)26(40)25(34)18-2-4-19(5-3-18)28(42)38-23-14-20(6-8-36-23)29(31,32)33/h2-6,8,14-15,21H,7,9-13,16-17,34H2,1H3,(H2,35,37)(H,36,38,42)/b26-25-/t21-/m0/s1. The second-order valence-corrected chi connectivity index (χ2v) is 10.4. The van der Waals surface area contributed by atoms with Crippen LogP contribution in [0.4, 0.5) is 19.0 Å². The number of hydrogen-bond donors (Lipinski definition) is 3. The smallest absolute Gasteiger partial charge is 0.396 e. The summed E-state index contributed by atoms with van der Waals surface area (Å²) in [6.07, 6.45) is -2.01. The Hall–Kier alpha value is -4.18. The van der Waals surface area contributed by atoms with Crippen LogP contribution in [0.25, 0.3) is 5.70 Å². The molecule has 0 unspecified atom stereocenters. The number of aliphatic imine (C=N–C) groups is 1. The van der Waals surface area contributed by atoms with Crippen molar-refractivity contribution < 1.29 is 37.0 Å². The molecule has 1 atom stereocenters. The lowest BCUT2D eigenvalue weighted by Gasteiger charge is -2.35. The van der Waals surface area contributed by atoms with Gasteiger partial charge < -0.3 is 40.8 Å². The number of nitrogens with two attached hydrogens (primary N) is 2. The normalized spacial score (nSPS) is 18.3. The maximum absolute atomic E-state index is 13.0. The molecule has 5 N–H and O–H groups in total. The van der Waals surface area contributed by atoms with Crippen molar-refractivity contribution in [3.05, 3.63) is 76.3 Å². The van der Waals surface area contributed by atoms with Gasteiger partial charge in [-0.2, -0.15) is 13.2 Å². The number of amidine groups is 1. The van der Waals surface area contributed by atoms with Crippen molar-refractivity contribution >= 4 is 40.8 Å². The summed E-state index contributed by atoms with van der Waals surface area (Å²) >= 11 is 6.51. The second kappa shape index (κ2) is 15.2. The van der Waals surface area contributed by atoms with Crippen LogP contribution in [0, 0.1) is 0 Å². The van der Waals surface area contributed by atoms with Gasteiger partial charge in [0, 0.05) is 38.5 Å². The number of rotatable bonds is 11. The molecule has 0 radical (unpaired) electrons. The predicted molar refractivity (Wildman–Crippen MR) is 161 cm³/mol. The molecule has 0 saturated carbocycles. The number of aromatic nitrogens is 1. The van der Waals surface area contributed by atoms with E-state index in [1.165, 1.54) is 18.3 Å². The molecule has 3 heterocycles. The number of pyridine rings is 1. The minimum Gasteiger partial charge on any atom is -0.396 e. The number of amides is 2. The van der Waals surface area contributed by atoms with Gasteiger partial charge in [-0.15, -0.1) is 0 Å². The molecule has 2 aromatic rings. The van der Waals surface area contributed by atoms with Crippen molar-refractivity contribution in [3.63, 3.8) is 0 Å². The highest BCUT2D eigenvalue weighted by molar-refractivity contribution is 6.30. The summed E-state index contributed by atoms with van der Waals surface area (Å²) in [7, 11) is 1.56. The highest BCUT2D eigenvalue weighted by Crippen LogP contribution is 2.30. The summed E-state index contributed by atoms with van der Waals surface area (Å²) < 4.78 is 55.2. The summed E-state index contributed by atoms with van der Waals surface area (Å²) in [6, 6.07) is 7.62. The van der Waals surface area contributed by atoms with E-state index in [2.05, 4.69) is 15.3 Å². The minimum atomic E-state index is -4.58. The van der Waals surface area contributed by atoms with Gasteiger partial charge in [0.05, 0.1) is 43.4 Å². The van der Waals surface area contributed by atoms with E-state index in [1.54, 1.807) is 29.0 Å². The van der Waals surface area contributed by atoms with E-state index in [-0.39, 0.29) is 46.7 Å². The third-order valence-corrected chi connectivity index (χ3v) is 7.25. The molecule has 2 aliphatic heterocycles. The zero-order valence-corrected chi connectivity index (χ0v) is 25.1. The summed E-state index contributed by atoms with van der Waals surface area (Å²) in [5.74, 6) is -0.926. The van der Waals surface area contributed by atoms with Crippen LogP contribution in [0.5, 0.6) is 0 Å². The van der Waals surface area contributed by atoms with Crippen LogP contribution >= 0.6 is 11.6 Å². The van der Waals surface area contributed by atoms with Gasteiger partial charge in [0.15, 0.2) is 0 Å². The molecule has 0 bridgehead atoms. The maximum atomic E-state index is 13.0. The number of alkyl halides is 3. The lowest BCUT2D eigenvalue weighted by Crippen LogP contribution is -2.48. The first-order chi connectivity index (χ1) is 21.5. The molecular formula is C29H33ClF3N7O5. The molecule has 1 aromatic carbocycles. The number of ether oxygens (including phenoxy) is 3. The van der Waals surface area contributed by atoms with Crippen molar-refractivity contribution in [1.82, 2.24) is 14.8 Å². The topological polar surface area (TPSA) is 158 Å². The Bertz CT molecular complexity index is 1470. The zero-order chi connectivity index (χ0) is 32.6. The Labute approximate surface area is 262 Å². The summed E-state index contributed by atoms with van der Waals surface area (Å²) in [5.41, 5.74) is 13.0. The zero-order valence-electron chi connectivity index (χ0n) is 24.3. The third-order valence-electron chi connectivity index (χ3n) is 6.95. The quantitative estimate of drug-likeness (QED) is 0.245. The first-order valence-corrected chi connectivity index (χ1v) is 14.2. The fourth-order valence-corrected chi connectivity index (χ4v) is 4.81. The van der Waals surface area contributed by atoms with Gasteiger partial charge >= 0.3 is 6.18 Å². The number of benzene rings is 1. The lowest BCUT2D eigenvalue weighted by molar-refractivity contribution is -0.144. The van der Waals surface area contributed by atoms with Gasteiger partial charge in [-0.1, -0.05) is 23.7 Å². The van der Waals surface area contributed by atoms with Gasteiger partial charge in [0.2, 0.25) is 5.91 Å². The molecule has 45 heavy (non-hydrogen) atoms. The SMILES string of the molecule is COCCOCC(=O)N1CCO[C@@H](CCN2C(Cl)=CN=C(N)/C2=C(/N)c2ccc(C(=O)Nc3cc(C(F)(F)F)ccn3)cc2)C1. The van der Waals surface area contributed by atoms with Crippen LogP contribution in [-0.2, 0) is 25.2 Å². The molecule has 242 valence electrons. The van der Waals surface area contributed by atoms with Crippen LogP contribution in [-0.4, -0.2) is 91.7 Å². The van der Waals surface area contributed by atoms with E-state index in [0.717, 1.165) is 18.3 Å². The lowest BCUT2D eigenvalue weighted by atomic mass is 10.1. The molecule has 2 amide bonds. The Kier molecular flexibility index (Phi) is 11.4.